The lowest BCUT2D eigenvalue weighted by atomic mass is 10.1. The molecule has 0 atom stereocenters. The van der Waals surface area contributed by atoms with Gasteiger partial charge in [-0.2, -0.15) is 0 Å². The number of carbonyl (C=O) groups is 3. The first-order valence-corrected chi connectivity index (χ1v) is 7.62. The van der Waals surface area contributed by atoms with Crippen molar-refractivity contribution in [2.45, 2.75) is 19.4 Å². The van der Waals surface area contributed by atoms with E-state index < -0.39 is 17.5 Å². The maximum absolute atomic E-state index is 13.1. The summed E-state index contributed by atoms with van der Waals surface area (Å²) in [6, 6.07) is 9.03. The molecule has 5 nitrogen and oxygen atoms in total. The molecule has 3 amide bonds. The van der Waals surface area contributed by atoms with Crippen LogP contribution in [0.5, 0.6) is 0 Å². The molecule has 7 heteroatoms. The number of hydrogen-bond acceptors (Lipinski definition) is 3. The molecule has 0 unspecified atom stereocenters. The predicted molar refractivity (Wildman–Crippen MR) is 85.5 cm³/mol. The molecule has 2 aromatic carbocycles. The zero-order chi connectivity index (χ0) is 18.0. The van der Waals surface area contributed by atoms with Gasteiger partial charge in [0.1, 0.15) is 11.6 Å². The van der Waals surface area contributed by atoms with Gasteiger partial charge in [0.05, 0.1) is 6.54 Å². The van der Waals surface area contributed by atoms with Crippen LogP contribution in [-0.2, 0) is 16.1 Å². The Morgan fingerprint density at radius 2 is 1.52 bits per heavy atom. The third-order valence-electron chi connectivity index (χ3n) is 3.83. The summed E-state index contributed by atoms with van der Waals surface area (Å²) in [5.74, 6) is -2.51. The van der Waals surface area contributed by atoms with Gasteiger partial charge >= 0.3 is 0 Å². The SMILES string of the molecule is O=C(Nc1cc(F)cc(F)c1)c1ccc(CN2C(=O)CCC2=O)cc1. The van der Waals surface area contributed by atoms with Gasteiger partial charge in [-0.3, -0.25) is 19.3 Å². The van der Waals surface area contributed by atoms with E-state index in [-0.39, 0.29) is 42.5 Å². The van der Waals surface area contributed by atoms with Gasteiger partial charge in [-0.05, 0) is 29.8 Å². The van der Waals surface area contributed by atoms with E-state index in [1.54, 1.807) is 12.1 Å². The predicted octanol–water partition coefficient (Wildman–Crippen LogP) is 2.87. The first kappa shape index (κ1) is 16.8. The van der Waals surface area contributed by atoms with Crippen molar-refractivity contribution >= 4 is 23.4 Å². The minimum absolute atomic E-state index is 0.0137. The number of amides is 3. The second-order valence-corrected chi connectivity index (χ2v) is 5.68. The lowest BCUT2D eigenvalue weighted by Crippen LogP contribution is -2.28. The van der Waals surface area contributed by atoms with Crippen molar-refractivity contribution in [3.8, 4) is 0 Å². The Labute approximate surface area is 142 Å². The summed E-state index contributed by atoms with van der Waals surface area (Å²) in [7, 11) is 0. The number of imide groups is 1. The average molecular weight is 344 g/mol. The van der Waals surface area contributed by atoms with Gasteiger partial charge < -0.3 is 5.32 Å². The van der Waals surface area contributed by atoms with Gasteiger partial charge in [0, 0.05) is 30.2 Å². The number of rotatable bonds is 4. The number of carbonyl (C=O) groups excluding carboxylic acids is 3. The van der Waals surface area contributed by atoms with Crippen molar-refractivity contribution in [2.24, 2.45) is 0 Å². The van der Waals surface area contributed by atoms with Gasteiger partial charge in [-0.15, -0.1) is 0 Å². The second-order valence-electron chi connectivity index (χ2n) is 5.68. The highest BCUT2D eigenvalue weighted by molar-refractivity contribution is 6.04. The zero-order valence-electron chi connectivity index (χ0n) is 13.1. The highest BCUT2D eigenvalue weighted by Gasteiger charge is 2.28. The van der Waals surface area contributed by atoms with E-state index in [1.165, 1.54) is 17.0 Å². The first-order chi connectivity index (χ1) is 11.9. The fraction of sp³-hybridized carbons (Fsp3) is 0.167. The van der Waals surface area contributed by atoms with Crippen molar-refractivity contribution < 1.29 is 23.2 Å². The topological polar surface area (TPSA) is 66.5 Å². The molecule has 25 heavy (non-hydrogen) atoms. The maximum Gasteiger partial charge on any atom is 0.255 e. The molecule has 0 radical (unpaired) electrons. The highest BCUT2D eigenvalue weighted by atomic mass is 19.1. The van der Waals surface area contributed by atoms with E-state index in [1.807, 2.05) is 0 Å². The number of halogens is 2. The van der Waals surface area contributed by atoms with Crippen molar-refractivity contribution in [3.63, 3.8) is 0 Å². The van der Waals surface area contributed by atoms with Gasteiger partial charge in [0.2, 0.25) is 11.8 Å². The molecule has 0 saturated carbocycles. The van der Waals surface area contributed by atoms with Crippen LogP contribution in [0.3, 0.4) is 0 Å². The summed E-state index contributed by atoms with van der Waals surface area (Å²) in [6.45, 7) is 0.161. The van der Waals surface area contributed by atoms with Crippen LogP contribution in [0.15, 0.2) is 42.5 Å². The molecular formula is C18H14F2N2O3. The van der Waals surface area contributed by atoms with E-state index in [0.29, 0.717) is 11.6 Å². The van der Waals surface area contributed by atoms with Gasteiger partial charge in [-0.1, -0.05) is 12.1 Å². The van der Waals surface area contributed by atoms with Crippen molar-refractivity contribution in [1.82, 2.24) is 4.90 Å². The van der Waals surface area contributed by atoms with Gasteiger partial charge in [0.15, 0.2) is 0 Å². The molecule has 1 saturated heterocycles. The number of anilines is 1. The maximum atomic E-state index is 13.1. The number of nitrogens with one attached hydrogen (secondary N) is 1. The average Bonchev–Trinajstić information content (AvgIpc) is 2.86. The molecule has 0 bridgehead atoms. The van der Waals surface area contributed by atoms with Gasteiger partial charge in [0.25, 0.3) is 5.91 Å². The van der Waals surface area contributed by atoms with Crippen LogP contribution >= 0.6 is 0 Å². The summed E-state index contributed by atoms with van der Waals surface area (Å²) in [4.78, 5) is 36.5. The Kier molecular flexibility index (Phi) is 4.56. The molecule has 2 aromatic rings. The molecule has 1 heterocycles. The van der Waals surface area contributed by atoms with Crippen LogP contribution in [0.25, 0.3) is 0 Å². The quantitative estimate of drug-likeness (QED) is 0.868. The number of benzene rings is 2. The van der Waals surface area contributed by atoms with Gasteiger partial charge in [-0.25, -0.2) is 8.78 Å². The third-order valence-corrected chi connectivity index (χ3v) is 3.83. The molecule has 0 aliphatic carbocycles. The molecule has 1 aliphatic heterocycles. The van der Waals surface area contributed by atoms with Crippen LogP contribution in [0.1, 0.15) is 28.8 Å². The molecule has 128 valence electrons. The molecule has 3 rings (SSSR count). The Balaban J connectivity index is 1.68. The van der Waals surface area contributed by atoms with Crippen LogP contribution < -0.4 is 5.32 Å². The Bertz CT molecular complexity index is 814. The van der Waals surface area contributed by atoms with Crippen LogP contribution in [0.2, 0.25) is 0 Å². The summed E-state index contributed by atoms with van der Waals surface area (Å²) in [5, 5.41) is 2.41. The van der Waals surface area contributed by atoms with Crippen molar-refractivity contribution in [1.29, 1.82) is 0 Å². The summed E-state index contributed by atoms with van der Waals surface area (Å²) >= 11 is 0. The monoisotopic (exact) mass is 344 g/mol. The molecule has 1 N–H and O–H groups in total. The molecule has 0 spiro atoms. The van der Waals surface area contributed by atoms with Crippen molar-refractivity contribution in [2.75, 3.05) is 5.32 Å². The second kappa shape index (κ2) is 6.80. The number of likely N-dealkylation sites (tertiary alicyclic amines) is 1. The number of nitrogens with zero attached hydrogens (tertiary/aromatic N) is 1. The van der Waals surface area contributed by atoms with Crippen LogP contribution in [-0.4, -0.2) is 22.6 Å². The van der Waals surface area contributed by atoms with E-state index in [0.717, 1.165) is 12.1 Å². The third kappa shape index (κ3) is 3.88. The smallest absolute Gasteiger partial charge is 0.255 e. The zero-order valence-corrected chi connectivity index (χ0v) is 13.1. The van der Waals surface area contributed by atoms with E-state index in [4.69, 9.17) is 0 Å². The van der Waals surface area contributed by atoms with E-state index >= 15 is 0 Å². The first-order valence-electron chi connectivity index (χ1n) is 7.62. The van der Waals surface area contributed by atoms with Crippen molar-refractivity contribution in [3.05, 3.63) is 65.2 Å². The van der Waals surface area contributed by atoms with Crippen LogP contribution in [0, 0.1) is 11.6 Å². The summed E-state index contributed by atoms with van der Waals surface area (Å²) in [6.07, 6.45) is 0.451. The molecule has 0 aromatic heterocycles. The fourth-order valence-corrected chi connectivity index (χ4v) is 2.57. The summed E-state index contributed by atoms with van der Waals surface area (Å²) < 4.78 is 26.3. The van der Waals surface area contributed by atoms with E-state index in [2.05, 4.69) is 5.32 Å². The minimum atomic E-state index is -0.786. The van der Waals surface area contributed by atoms with Crippen LogP contribution in [0.4, 0.5) is 14.5 Å². The van der Waals surface area contributed by atoms with E-state index in [9.17, 15) is 23.2 Å². The Morgan fingerprint density at radius 1 is 0.960 bits per heavy atom. The summed E-state index contributed by atoms with van der Waals surface area (Å²) in [5.41, 5.74) is 1.00. The lowest BCUT2D eigenvalue weighted by molar-refractivity contribution is -0.139. The standard InChI is InChI=1S/C18H14F2N2O3/c19-13-7-14(20)9-15(8-13)21-18(25)12-3-1-11(2-4-12)10-22-16(23)5-6-17(22)24/h1-4,7-9H,5-6,10H2,(H,21,25). The molecule has 1 aliphatic rings. The lowest BCUT2D eigenvalue weighted by Gasteiger charge is -2.14. The highest BCUT2D eigenvalue weighted by Crippen LogP contribution is 2.17. The normalized spacial score (nSPS) is 14.1. The Hall–Kier alpha value is -3.09. The Morgan fingerprint density at radius 3 is 2.08 bits per heavy atom. The molecular weight excluding hydrogens is 330 g/mol. The fourth-order valence-electron chi connectivity index (χ4n) is 2.57. The molecule has 1 fully saturated rings. The minimum Gasteiger partial charge on any atom is -0.322 e. The number of hydrogen-bond donors (Lipinski definition) is 1. The largest absolute Gasteiger partial charge is 0.322 e.